The van der Waals surface area contributed by atoms with Gasteiger partial charge < -0.3 is 5.32 Å². The molecule has 0 saturated carbocycles. The molecule has 0 spiro atoms. The first-order chi connectivity index (χ1) is 12.2. The first-order valence-electron chi connectivity index (χ1n) is 8.27. The molecule has 7 heteroatoms. The maximum Gasteiger partial charge on any atom is 0.232 e. The fourth-order valence-electron chi connectivity index (χ4n) is 2.51. The minimum atomic E-state index is -3.41. The predicted molar refractivity (Wildman–Crippen MR) is 110 cm³/mol. The minimum Gasteiger partial charge on any atom is -0.326 e. The molecule has 0 aromatic heterocycles. The van der Waals surface area contributed by atoms with E-state index in [4.69, 9.17) is 0 Å². The normalized spacial score (nSPS) is 11.2. The zero-order valence-electron chi connectivity index (χ0n) is 15.1. The Hall–Kier alpha value is -1.86. The maximum atomic E-state index is 12.1. The molecule has 2 aromatic rings. The fraction of sp³-hybridized carbons (Fsp3) is 0.316. The van der Waals surface area contributed by atoms with Crippen molar-refractivity contribution in [2.24, 2.45) is 0 Å². The Morgan fingerprint density at radius 3 is 2.31 bits per heavy atom. The van der Waals surface area contributed by atoms with Crippen LogP contribution in [-0.2, 0) is 14.8 Å². The number of nitrogens with zero attached hydrogens (tertiary/aromatic N) is 1. The number of anilines is 2. The first-order valence-corrected chi connectivity index (χ1v) is 10.9. The molecular weight excluding hydrogens is 416 g/mol. The summed E-state index contributed by atoms with van der Waals surface area (Å²) in [5.41, 5.74) is 3.48. The zero-order valence-corrected chi connectivity index (χ0v) is 17.5. The van der Waals surface area contributed by atoms with Gasteiger partial charge in [0.15, 0.2) is 0 Å². The Labute approximate surface area is 163 Å². The van der Waals surface area contributed by atoms with Gasteiger partial charge in [-0.1, -0.05) is 22.0 Å². The largest absolute Gasteiger partial charge is 0.326 e. The number of nitrogens with one attached hydrogen (secondary N) is 1. The topological polar surface area (TPSA) is 66.5 Å². The van der Waals surface area contributed by atoms with E-state index in [1.54, 1.807) is 18.2 Å². The maximum absolute atomic E-state index is 12.1. The Bertz CT molecular complexity index is 880. The average Bonchev–Trinajstić information content (AvgIpc) is 2.55. The van der Waals surface area contributed by atoms with Crippen LogP contribution in [0.2, 0.25) is 0 Å². The predicted octanol–water partition coefficient (Wildman–Crippen LogP) is 4.25. The van der Waals surface area contributed by atoms with Crippen molar-refractivity contribution in [3.63, 3.8) is 0 Å². The molecule has 2 aromatic carbocycles. The molecule has 0 heterocycles. The van der Waals surface area contributed by atoms with Crippen LogP contribution >= 0.6 is 15.9 Å². The number of carbonyl (C=O) groups is 1. The third-order valence-electron chi connectivity index (χ3n) is 4.07. The fourth-order valence-corrected chi connectivity index (χ4v) is 3.73. The van der Waals surface area contributed by atoms with E-state index in [0.717, 1.165) is 15.6 Å². The summed E-state index contributed by atoms with van der Waals surface area (Å²) in [6, 6.07) is 12.9. The van der Waals surface area contributed by atoms with Crippen LogP contribution in [0.1, 0.15) is 24.0 Å². The van der Waals surface area contributed by atoms with Crippen molar-refractivity contribution in [2.45, 2.75) is 26.7 Å². The molecule has 0 aliphatic heterocycles. The summed E-state index contributed by atoms with van der Waals surface area (Å²) in [5.74, 6) is -0.138. The highest BCUT2D eigenvalue weighted by molar-refractivity contribution is 9.10. The van der Waals surface area contributed by atoms with Gasteiger partial charge in [-0.25, -0.2) is 8.42 Å². The summed E-state index contributed by atoms with van der Waals surface area (Å²) in [5, 5.41) is 2.81. The van der Waals surface area contributed by atoms with E-state index in [1.807, 2.05) is 38.1 Å². The lowest BCUT2D eigenvalue weighted by Crippen LogP contribution is -2.31. The molecular formula is C19H23BrN2O3S. The summed E-state index contributed by atoms with van der Waals surface area (Å²) < 4.78 is 26.6. The number of carbonyl (C=O) groups excluding carboxylic acids is 1. The van der Waals surface area contributed by atoms with E-state index in [9.17, 15) is 13.2 Å². The number of halogens is 1. The van der Waals surface area contributed by atoms with Gasteiger partial charge in [-0.15, -0.1) is 0 Å². The van der Waals surface area contributed by atoms with Crippen LogP contribution in [0.5, 0.6) is 0 Å². The van der Waals surface area contributed by atoms with Crippen molar-refractivity contribution in [1.29, 1.82) is 0 Å². The average molecular weight is 439 g/mol. The number of hydrogen-bond donors (Lipinski definition) is 1. The van der Waals surface area contributed by atoms with Gasteiger partial charge in [0.25, 0.3) is 0 Å². The second kappa shape index (κ2) is 8.68. The van der Waals surface area contributed by atoms with Crippen LogP contribution in [0.4, 0.5) is 11.4 Å². The van der Waals surface area contributed by atoms with Crippen LogP contribution < -0.4 is 9.62 Å². The van der Waals surface area contributed by atoms with E-state index >= 15 is 0 Å². The first kappa shape index (κ1) is 20.5. The molecule has 1 N–H and O–H groups in total. The summed E-state index contributed by atoms with van der Waals surface area (Å²) >= 11 is 3.34. The van der Waals surface area contributed by atoms with Crippen molar-refractivity contribution in [3.8, 4) is 0 Å². The van der Waals surface area contributed by atoms with Crippen LogP contribution in [0.3, 0.4) is 0 Å². The second-order valence-corrected chi connectivity index (χ2v) is 9.08. The number of benzene rings is 2. The van der Waals surface area contributed by atoms with Gasteiger partial charge in [-0.05, 0) is 67.8 Å². The molecule has 26 heavy (non-hydrogen) atoms. The van der Waals surface area contributed by atoms with E-state index in [2.05, 4.69) is 21.2 Å². The molecule has 0 saturated heterocycles. The third-order valence-corrected chi connectivity index (χ3v) is 5.79. The number of aryl methyl sites for hydroxylation is 2. The Morgan fingerprint density at radius 2 is 1.73 bits per heavy atom. The van der Waals surface area contributed by atoms with E-state index in [0.29, 0.717) is 17.8 Å². The number of rotatable bonds is 7. The highest BCUT2D eigenvalue weighted by Gasteiger charge is 2.18. The second-order valence-electron chi connectivity index (χ2n) is 6.26. The number of amides is 1. The quantitative estimate of drug-likeness (QED) is 0.702. The SMILES string of the molecule is Cc1ccc(N(CCCC(=O)Nc2ccc(Br)cc2)S(C)(=O)=O)cc1C. The Balaban J connectivity index is 1.98. The lowest BCUT2D eigenvalue weighted by molar-refractivity contribution is -0.116. The number of hydrogen-bond acceptors (Lipinski definition) is 3. The highest BCUT2D eigenvalue weighted by Crippen LogP contribution is 2.22. The summed E-state index contributed by atoms with van der Waals surface area (Å²) in [6.07, 6.45) is 1.86. The van der Waals surface area contributed by atoms with Gasteiger partial charge in [0.1, 0.15) is 0 Å². The van der Waals surface area contributed by atoms with Crippen molar-refractivity contribution in [1.82, 2.24) is 0 Å². The molecule has 0 unspecified atom stereocenters. The Kier molecular flexibility index (Phi) is 6.83. The van der Waals surface area contributed by atoms with Crippen molar-refractivity contribution >= 4 is 43.2 Å². The molecule has 0 bridgehead atoms. The van der Waals surface area contributed by atoms with Crippen molar-refractivity contribution in [3.05, 3.63) is 58.1 Å². The molecule has 5 nitrogen and oxygen atoms in total. The summed E-state index contributed by atoms with van der Waals surface area (Å²) in [7, 11) is -3.41. The van der Waals surface area contributed by atoms with Crippen molar-refractivity contribution < 1.29 is 13.2 Å². The third kappa shape index (κ3) is 5.85. The van der Waals surface area contributed by atoms with E-state index < -0.39 is 10.0 Å². The van der Waals surface area contributed by atoms with Gasteiger partial charge in [0.05, 0.1) is 11.9 Å². The highest BCUT2D eigenvalue weighted by atomic mass is 79.9. The molecule has 0 aliphatic carbocycles. The minimum absolute atomic E-state index is 0.138. The van der Waals surface area contributed by atoms with E-state index in [-0.39, 0.29) is 18.9 Å². The molecule has 0 radical (unpaired) electrons. The van der Waals surface area contributed by atoms with Crippen LogP contribution in [0.15, 0.2) is 46.9 Å². The molecule has 140 valence electrons. The smallest absolute Gasteiger partial charge is 0.232 e. The Morgan fingerprint density at radius 1 is 1.08 bits per heavy atom. The summed E-state index contributed by atoms with van der Waals surface area (Å²) in [6.45, 7) is 4.19. The van der Waals surface area contributed by atoms with Gasteiger partial charge in [-0.3, -0.25) is 9.10 Å². The van der Waals surface area contributed by atoms with Gasteiger partial charge >= 0.3 is 0 Å². The monoisotopic (exact) mass is 438 g/mol. The van der Waals surface area contributed by atoms with Crippen LogP contribution in [-0.4, -0.2) is 27.1 Å². The lowest BCUT2D eigenvalue weighted by atomic mass is 10.1. The van der Waals surface area contributed by atoms with Crippen LogP contribution in [0, 0.1) is 13.8 Å². The lowest BCUT2D eigenvalue weighted by Gasteiger charge is -2.23. The molecule has 2 rings (SSSR count). The van der Waals surface area contributed by atoms with Gasteiger partial charge in [-0.2, -0.15) is 0 Å². The molecule has 0 atom stereocenters. The van der Waals surface area contributed by atoms with E-state index in [1.165, 1.54) is 10.6 Å². The summed E-state index contributed by atoms with van der Waals surface area (Å²) in [4.78, 5) is 12.1. The zero-order chi connectivity index (χ0) is 19.3. The van der Waals surface area contributed by atoms with Crippen molar-refractivity contribution in [2.75, 3.05) is 22.4 Å². The molecule has 0 aliphatic rings. The van der Waals surface area contributed by atoms with Gasteiger partial charge in [0, 0.05) is 23.1 Å². The standard InChI is InChI=1S/C19H23BrN2O3S/c1-14-6-11-18(13-15(14)2)22(26(3,24)25)12-4-5-19(23)21-17-9-7-16(20)8-10-17/h6-11,13H,4-5,12H2,1-3H3,(H,21,23). The number of sulfonamides is 1. The molecule has 1 amide bonds. The van der Waals surface area contributed by atoms with Crippen LogP contribution in [0.25, 0.3) is 0 Å². The van der Waals surface area contributed by atoms with Gasteiger partial charge in [0.2, 0.25) is 15.9 Å². The molecule has 0 fully saturated rings.